The van der Waals surface area contributed by atoms with E-state index in [0.29, 0.717) is 11.5 Å². The highest BCUT2D eigenvalue weighted by atomic mass is 16.6. The Bertz CT molecular complexity index is 828. The average Bonchev–Trinajstić information content (AvgIpc) is 3.10. The molecule has 0 radical (unpaired) electrons. The molecule has 0 spiro atoms. The zero-order valence-corrected chi connectivity index (χ0v) is 11.1. The predicted molar refractivity (Wildman–Crippen MR) is 77.1 cm³/mol. The van der Waals surface area contributed by atoms with E-state index in [-0.39, 0.29) is 5.88 Å². The molecule has 0 atom stereocenters. The monoisotopic (exact) mass is 285 g/mol. The van der Waals surface area contributed by atoms with Crippen LogP contribution in [0, 0.1) is 10.1 Å². The Kier molecular flexibility index (Phi) is 3.19. The van der Waals surface area contributed by atoms with Gasteiger partial charge in [-0.15, -0.1) is 0 Å². The number of benzene rings is 1. The molecule has 6 nitrogen and oxygen atoms in total. The van der Waals surface area contributed by atoms with Crippen LogP contribution < -0.4 is 4.74 Å². The summed E-state index contributed by atoms with van der Waals surface area (Å²) in [7, 11) is 1.60. The SMILES string of the molecule is COc1ccc2oc(C=Cc3ccc([N+](=O)[O-])o3)cc2c1. The maximum absolute atomic E-state index is 10.5. The summed E-state index contributed by atoms with van der Waals surface area (Å²) in [5, 5.41) is 11.4. The lowest BCUT2D eigenvalue weighted by Gasteiger charge is -1.96. The molecule has 0 amide bonds. The minimum atomic E-state index is -0.579. The van der Waals surface area contributed by atoms with Crippen LogP contribution in [0.4, 0.5) is 5.88 Å². The fraction of sp³-hybridized carbons (Fsp3) is 0.0667. The molecular formula is C15H11NO5. The number of hydrogen-bond acceptors (Lipinski definition) is 5. The standard InChI is InChI=1S/C15H11NO5/c1-19-12-4-6-14-10(8-12)9-13(20-14)3-2-11-5-7-15(21-11)16(17)18/h2-9H,1H3. The van der Waals surface area contributed by atoms with Crippen LogP contribution in [-0.2, 0) is 0 Å². The normalized spacial score (nSPS) is 11.3. The quantitative estimate of drug-likeness (QED) is 0.532. The second-order valence-electron chi connectivity index (χ2n) is 4.32. The molecule has 106 valence electrons. The van der Waals surface area contributed by atoms with Gasteiger partial charge in [0, 0.05) is 5.39 Å². The van der Waals surface area contributed by atoms with Crippen molar-refractivity contribution >= 4 is 29.0 Å². The average molecular weight is 285 g/mol. The number of ether oxygens (including phenoxy) is 1. The van der Waals surface area contributed by atoms with E-state index in [4.69, 9.17) is 13.6 Å². The number of hydrogen-bond donors (Lipinski definition) is 0. The highest BCUT2D eigenvalue weighted by Gasteiger charge is 2.10. The minimum absolute atomic E-state index is 0.288. The molecule has 0 saturated heterocycles. The van der Waals surface area contributed by atoms with E-state index in [1.54, 1.807) is 19.3 Å². The molecule has 0 fully saturated rings. The van der Waals surface area contributed by atoms with E-state index in [0.717, 1.165) is 16.7 Å². The first kappa shape index (κ1) is 13.0. The first-order valence-electron chi connectivity index (χ1n) is 6.15. The fourth-order valence-corrected chi connectivity index (χ4v) is 1.95. The molecule has 2 heterocycles. The van der Waals surface area contributed by atoms with Crippen molar-refractivity contribution in [3.05, 3.63) is 58.0 Å². The molecule has 0 N–H and O–H groups in total. The van der Waals surface area contributed by atoms with Crippen molar-refractivity contribution in [1.29, 1.82) is 0 Å². The van der Waals surface area contributed by atoms with Crippen LogP contribution in [0.2, 0.25) is 0 Å². The van der Waals surface area contributed by atoms with Crippen molar-refractivity contribution in [3.8, 4) is 5.75 Å². The maximum atomic E-state index is 10.5. The largest absolute Gasteiger partial charge is 0.497 e. The van der Waals surface area contributed by atoms with Crippen LogP contribution in [0.15, 0.2) is 45.2 Å². The van der Waals surface area contributed by atoms with Crippen LogP contribution in [0.1, 0.15) is 11.5 Å². The molecule has 3 rings (SSSR count). The lowest BCUT2D eigenvalue weighted by atomic mass is 10.2. The fourth-order valence-electron chi connectivity index (χ4n) is 1.95. The minimum Gasteiger partial charge on any atom is -0.497 e. The van der Waals surface area contributed by atoms with Crippen LogP contribution in [0.5, 0.6) is 5.75 Å². The van der Waals surface area contributed by atoms with Crippen molar-refractivity contribution in [1.82, 2.24) is 0 Å². The molecular weight excluding hydrogens is 274 g/mol. The molecule has 0 aliphatic rings. The summed E-state index contributed by atoms with van der Waals surface area (Å²) in [6.07, 6.45) is 3.30. The lowest BCUT2D eigenvalue weighted by molar-refractivity contribution is -0.402. The van der Waals surface area contributed by atoms with Gasteiger partial charge in [-0.1, -0.05) is 0 Å². The second kappa shape index (κ2) is 5.16. The van der Waals surface area contributed by atoms with Gasteiger partial charge in [-0.2, -0.15) is 0 Å². The first-order valence-corrected chi connectivity index (χ1v) is 6.15. The summed E-state index contributed by atoms with van der Waals surface area (Å²) in [5.41, 5.74) is 0.737. The third-order valence-corrected chi connectivity index (χ3v) is 2.95. The van der Waals surface area contributed by atoms with Gasteiger partial charge in [0.15, 0.2) is 0 Å². The van der Waals surface area contributed by atoms with Gasteiger partial charge < -0.3 is 13.6 Å². The van der Waals surface area contributed by atoms with Crippen LogP contribution in [0.25, 0.3) is 23.1 Å². The number of rotatable bonds is 4. The molecule has 0 aliphatic carbocycles. The van der Waals surface area contributed by atoms with Gasteiger partial charge in [0.1, 0.15) is 27.8 Å². The highest BCUT2D eigenvalue weighted by molar-refractivity contribution is 5.82. The number of fused-ring (bicyclic) bond motifs is 1. The number of nitro groups is 1. The number of nitrogens with zero attached hydrogens (tertiary/aromatic N) is 1. The maximum Gasteiger partial charge on any atom is 0.433 e. The van der Waals surface area contributed by atoms with Gasteiger partial charge in [0.05, 0.1) is 13.2 Å². The van der Waals surface area contributed by atoms with Gasteiger partial charge in [0.2, 0.25) is 0 Å². The molecule has 0 bridgehead atoms. The summed E-state index contributed by atoms with van der Waals surface area (Å²) in [6.45, 7) is 0. The molecule has 21 heavy (non-hydrogen) atoms. The van der Waals surface area contributed by atoms with Crippen molar-refractivity contribution in [3.63, 3.8) is 0 Å². The third kappa shape index (κ3) is 2.64. The Hall–Kier alpha value is -3.02. The summed E-state index contributed by atoms with van der Waals surface area (Å²) in [5.74, 6) is 1.47. The van der Waals surface area contributed by atoms with Gasteiger partial charge >= 0.3 is 5.88 Å². The van der Waals surface area contributed by atoms with Crippen LogP contribution in [-0.4, -0.2) is 12.0 Å². The molecule has 3 aromatic rings. The second-order valence-corrected chi connectivity index (χ2v) is 4.32. The van der Waals surface area contributed by atoms with Gasteiger partial charge in [-0.05, 0) is 42.5 Å². The van der Waals surface area contributed by atoms with Crippen LogP contribution in [0.3, 0.4) is 0 Å². The molecule has 0 aliphatic heterocycles. The van der Waals surface area contributed by atoms with E-state index >= 15 is 0 Å². The Morgan fingerprint density at radius 1 is 1.10 bits per heavy atom. The predicted octanol–water partition coefficient (Wildman–Crippen LogP) is 4.11. The summed E-state index contributed by atoms with van der Waals surface area (Å²) in [4.78, 5) is 9.95. The van der Waals surface area contributed by atoms with Crippen molar-refractivity contribution < 1.29 is 18.5 Å². The van der Waals surface area contributed by atoms with Gasteiger partial charge in [-0.25, -0.2) is 0 Å². The third-order valence-electron chi connectivity index (χ3n) is 2.95. The Balaban J connectivity index is 1.86. The first-order chi connectivity index (χ1) is 10.2. The topological polar surface area (TPSA) is 78.7 Å². The zero-order valence-electron chi connectivity index (χ0n) is 11.1. The smallest absolute Gasteiger partial charge is 0.433 e. The highest BCUT2D eigenvalue weighted by Crippen LogP contribution is 2.25. The molecule has 2 aromatic heterocycles. The summed E-state index contributed by atoms with van der Waals surface area (Å²) >= 11 is 0. The van der Waals surface area contributed by atoms with Gasteiger partial charge in [0.25, 0.3) is 0 Å². The van der Waals surface area contributed by atoms with Crippen molar-refractivity contribution in [2.24, 2.45) is 0 Å². The van der Waals surface area contributed by atoms with E-state index < -0.39 is 4.92 Å². The van der Waals surface area contributed by atoms with E-state index in [9.17, 15) is 10.1 Å². The van der Waals surface area contributed by atoms with Crippen molar-refractivity contribution in [2.45, 2.75) is 0 Å². The number of furan rings is 2. The van der Waals surface area contributed by atoms with E-state index in [1.165, 1.54) is 12.1 Å². The Morgan fingerprint density at radius 3 is 2.62 bits per heavy atom. The zero-order chi connectivity index (χ0) is 14.8. The molecule has 0 saturated carbocycles. The molecule has 0 unspecified atom stereocenters. The van der Waals surface area contributed by atoms with Crippen LogP contribution >= 0.6 is 0 Å². The Morgan fingerprint density at radius 2 is 1.90 bits per heavy atom. The number of methoxy groups -OCH3 is 1. The van der Waals surface area contributed by atoms with E-state index in [2.05, 4.69) is 0 Å². The molecule has 1 aromatic carbocycles. The summed E-state index contributed by atoms with van der Waals surface area (Å²) < 4.78 is 15.8. The van der Waals surface area contributed by atoms with Crippen molar-refractivity contribution in [2.75, 3.05) is 7.11 Å². The Labute approximate surface area is 119 Å². The summed E-state index contributed by atoms with van der Waals surface area (Å²) in [6, 6.07) is 10.2. The lowest BCUT2D eigenvalue weighted by Crippen LogP contribution is -1.82. The molecule has 6 heteroatoms. The van der Waals surface area contributed by atoms with Gasteiger partial charge in [-0.3, -0.25) is 10.1 Å². The van der Waals surface area contributed by atoms with E-state index in [1.807, 2.05) is 24.3 Å².